The third kappa shape index (κ3) is 5.30. The first kappa shape index (κ1) is 25.0. The van der Waals surface area contributed by atoms with Crippen LogP contribution in [0.3, 0.4) is 0 Å². The molecule has 2 aromatic heterocycles. The number of aryl methyl sites for hydroxylation is 1. The van der Waals surface area contributed by atoms with E-state index in [1.54, 1.807) is 20.8 Å². The van der Waals surface area contributed by atoms with Crippen molar-refractivity contribution in [2.75, 3.05) is 5.32 Å². The molecule has 8 nitrogen and oxygen atoms in total. The van der Waals surface area contributed by atoms with Gasteiger partial charge < -0.3 is 15.7 Å². The average molecular weight is 493 g/mol. The highest BCUT2D eigenvalue weighted by molar-refractivity contribution is 6.32. The number of rotatable bonds is 6. The Balaban J connectivity index is 2.11. The molecule has 34 heavy (non-hydrogen) atoms. The zero-order valence-electron chi connectivity index (χ0n) is 18.3. The largest absolute Gasteiger partial charge is 0.435 e. The van der Waals surface area contributed by atoms with Gasteiger partial charge in [0.05, 0.1) is 33.6 Å². The van der Waals surface area contributed by atoms with E-state index in [0.29, 0.717) is 11.6 Å². The average Bonchev–Trinajstić information content (AvgIpc) is 3.20. The van der Waals surface area contributed by atoms with Crippen LogP contribution in [-0.4, -0.2) is 31.8 Å². The molecule has 0 bridgehead atoms. The van der Waals surface area contributed by atoms with E-state index >= 15 is 0 Å². The van der Waals surface area contributed by atoms with Crippen molar-refractivity contribution in [2.45, 2.75) is 39.2 Å². The molecule has 1 unspecified atom stereocenters. The molecule has 0 aliphatic carbocycles. The lowest BCUT2D eigenvalue weighted by atomic mass is 10.0. The fourth-order valence-corrected chi connectivity index (χ4v) is 3.41. The van der Waals surface area contributed by atoms with Crippen molar-refractivity contribution in [2.24, 2.45) is 0 Å². The van der Waals surface area contributed by atoms with E-state index < -0.39 is 24.0 Å². The van der Waals surface area contributed by atoms with Crippen molar-refractivity contribution >= 4 is 23.2 Å². The number of hydrogen-bond acceptors (Lipinski definition) is 6. The summed E-state index contributed by atoms with van der Waals surface area (Å²) in [6.07, 6.45) is -5.23. The van der Waals surface area contributed by atoms with Gasteiger partial charge >= 0.3 is 6.18 Å². The molecule has 0 aliphatic heterocycles. The van der Waals surface area contributed by atoms with E-state index in [4.69, 9.17) is 11.6 Å². The highest BCUT2D eigenvalue weighted by Crippen LogP contribution is 2.33. The number of amides is 1. The lowest BCUT2D eigenvalue weighted by Crippen LogP contribution is -2.31. The number of hydrogen-bond donors (Lipinski definition) is 3. The SMILES string of the molecule is Cc1cc(C#N)cc(C(=O)NC(C)C)c1NC(O)c1cc(C(F)(F)F)nn1-c1ncccc1Cl. The number of aliphatic hydroxyl groups excluding tert-OH is 1. The zero-order chi connectivity index (χ0) is 25.2. The van der Waals surface area contributed by atoms with Gasteiger partial charge in [0.1, 0.15) is 0 Å². The van der Waals surface area contributed by atoms with Gasteiger partial charge in [-0.2, -0.15) is 23.5 Å². The predicted molar refractivity (Wildman–Crippen MR) is 118 cm³/mol. The van der Waals surface area contributed by atoms with Crippen molar-refractivity contribution in [3.8, 4) is 11.9 Å². The number of carbonyl (C=O) groups is 1. The van der Waals surface area contributed by atoms with E-state index in [1.807, 2.05) is 6.07 Å². The van der Waals surface area contributed by atoms with Crippen molar-refractivity contribution in [3.05, 3.63) is 69.6 Å². The topological polar surface area (TPSA) is 116 Å². The number of nitrogens with zero attached hydrogens (tertiary/aromatic N) is 4. The number of anilines is 1. The second-order valence-electron chi connectivity index (χ2n) is 7.68. The Kier molecular flexibility index (Phi) is 7.14. The van der Waals surface area contributed by atoms with Crippen LogP contribution < -0.4 is 10.6 Å². The molecular weight excluding hydrogens is 473 g/mol. The smallest absolute Gasteiger partial charge is 0.368 e. The highest BCUT2D eigenvalue weighted by atomic mass is 35.5. The lowest BCUT2D eigenvalue weighted by molar-refractivity contribution is -0.141. The molecule has 0 radical (unpaired) electrons. The van der Waals surface area contributed by atoms with Gasteiger partial charge in [0, 0.05) is 12.2 Å². The van der Waals surface area contributed by atoms with Gasteiger partial charge in [0.2, 0.25) is 0 Å². The van der Waals surface area contributed by atoms with E-state index in [0.717, 1.165) is 4.68 Å². The van der Waals surface area contributed by atoms with E-state index in [2.05, 4.69) is 20.7 Å². The number of pyridine rings is 1. The van der Waals surface area contributed by atoms with Gasteiger partial charge in [-0.05, 0) is 56.7 Å². The molecule has 2 heterocycles. The van der Waals surface area contributed by atoms with Crippen LogP contribution in [-0.2, 0) is 6.18 Å². The lowest BCUT2D eigenvalue weighted by Gasteiger charge is -2.21. The molecule has 3 aromatic rings. The van der Waals surface area contributed by atoms with Crippen LogP contribution in [0, 0.1) is 18.3 Å². The monoisotopic (exact) mass is 492 g/mol. The molecular formula is C22H20ClF3N6O2. The minimum atomic E-state index is -4.80. The molecule has 1 aromatic carbocycles. The molecule has 178 valence electrons. The Morgan fingerprint density at radius 1 is 1.29 bits per heavy atom. The summed E-state index contributed by atoms with van der Waals surface area (Å²) in [6, 6.07) is 8.11. The molecule has 0 aliphatic rings. The quantitative estimate of drug-likeness (QED) is 0.440. The van der Waals surface area contributed by atoms with Gasteiger partial charge in [0.15, 0.2) is 17.7 Å². The van der Waals surface area contributed by atoms with E-state index in [9.17, 15) is 28.3 Å². The first-order valence-corrected chi connectivity index (χ1v) is 10.4. The third-order valence-corrected chi connectivity index (χ3v) is 4.95. The second kappa shape index (κ2) is 9.70. The normalized spacial score (nSPS) is 12.4. The Bertz CT molecular complexity index is 1270. The Morgan fingerprint density at radius 2 is 2.00 bits per heavy atom. The molecule has 1 atom stereocenters. The first-order chi connectivity index (χ1) is 15.9. The molecule has 3 N–H and O–H groups in total. The molecule has 0 saturated carbocycles. The number of benzene rings is 1. The summed E-state index contributed by atoms with van der Waals surface area (Å²) in [4.78, 5) is 16.7. The van der Waals surface area contributed by atoms with Gasteiger partial charge in [-0.3, -0.25) is 4.79 Å². The van der Waals surface area contributed by atoms with Gasteiger partial charge in [-0.15, -0.1) is 0 Å². The van der Waals surface area contributed by atoms with Crippen LogP contribution in [0.1, 0.15) is 52.9 Å². The maximum Gasteiger partial charge on any atom is 0.435 e. The number of nitrogens with one attached hydrogen (secondary N) is 2. The van der Waals surface area contributed by atoms with Crippen LogP contribution in [0.4, 0.5) is 18.9 Å². The number of halogens is 4. The molecule has 1 amide bonds. The predicted octanol–water partition coefficient (Wildman–Crippen LogP) is 4.36. The Morgan fingerprint density at radius 3 is 2.59 bits per heavy atom. The van der Waals surface area contributed by atoms with Crippen molar-refractivity contribution in [3.63, 3.8) is 0 Å². The van der Waals surface area contributed by atoms with Gasteiger partial charge in [-0.1, -0.05) is 11.6 Å². The van der Waals surface area contributed by atoms with E-state index in [-0.39, 0.29) is 39.4 Å². The summed E-state index contributed by atoms with van der Waals surface area (Å²) in [5.41, 5.74) is -0.771. The Hall–Kier alpha value is -3.62. The second-order valence-corrected chi connectivity index (χ2v) is 8.08. The summed E-state index contributed by atoms with van der Waals surface area (Å²) in [5, 5.41) is 29.1. The maximum absolute atomic E-state index is 13.4. The number of aromatic nitrogens is 3. The van der Waals surface area contributed by atoms with Crippen molar-refractivity contribution in [1.29, 1.82) is 5.26 Å². The molecule has 0 fully saturated rings. The van der Waals surface area contributed by atoms with Gasteiger partial charge in [0.25, 0.3) is 5.91 Å². The number of carbonyl (C=O) groups excluding carboxylic acids is 1. The Labute approximate surface area is 198 Å². The molecule has 12 heteroatoms. The standard InChI is InChI=1S/C22H20ClF3N6O2/c1-11(2)29-20(33)14-8-13(10-27)7-12(3)18(14)30-21(34)16-9-17(22(24,25)26)31-32(16)19-15(23)5-4-6-28-19/h4-9,11,21,30,34H,1-3H3,(H,29,33). The van der Waals surface area contributed by atoms with Crippen molar-refractivity contribution in [1.82, 2.24) is 20.1 Å². The van der Waals surface area contributed by atoms with Crippen LogP contribution in [0.5, 0.6) is 0 Å². The van der Waals surface area contributed by atoms with Crippen molar-refractivity contribution < 1.29 is 23.1 Å². The molecule has 0 spiro atoms. The van der Waals surface area contributed by atoms with Crippen LogP contribution in [0.15, 0.2) is 36.5 Å². The summed E-state index contributed by atoms with van der Waals surface area (Å²) >= 11 is 6.10. The zero-order valence-corrected chi connectivity index (χ0v) is 19.0. The summed E-state index contributed by atoms with van der Waals surface area (Å²) < 4.78 is 41.0. The molecule has 0 saturated heterocycles. The third-order valence-electron chi connectivity index (χ3n) is 4.66. The van der Waals surface area contributed by atoms with Crippen LogP contribution in [0.2, 0.25) is 5.02 Å². The fraction of sp³-hybridized carbons (Fsp3) is 0.273. The minimum Gasteiger partial charge on any atom is -0.368 e. The molecule has 3 rings (SSSR count). The summed E-state index contributed by atoms with van der Waals surface area (Å²) in [5.74, 6) is -0.646. The first-order valence-electron chi connectivity index (χ1n) is 10.0. The highest BCUT2D eigenvalue weighted by Gasteiger charge is 2.36. The number of alkyl halides is 3. The maximum atomic E-state index is 13.4. The fourth-order valence-electron chi connectivity index (χ4n) is 3.20. The summed E-state index contributed by atoms with van der Waals surface area (Å²) in [7, 11) is 0. The number of aliphatic hydroxyl groups is 1. The number of nitriles is 1. The van der Waals surface area contributed by atoms with Crippen LogP contribution in [0.25, 0.3) is 5.82 Å². The van der Waals surface area contributed by atoms with Crippen LogP contribution >= 0.6 is 11.6 Å². The minimum absolute atomic E-state index is 0.0133. The van der Waals surface area contributed by atoms with E-state index in [1.165, 1.54) is 30.5 Å². The summed E-state index contributed by atoms with van der Waals surface area (Å²) in [6.45, 7) is 5.08. The van der Waals surface area contributed by atoms with Gasteiger partial charge in [-0.25, -0.2) is 9.67 Å².